The molecule has 78 valence electrons. The minimum atomic E-state index is -0.593. The van der Waals surface area contributed by atoms with Gasteiger partial charge in [-0.15, -0.1) is 0 Å². The SMILES string of the molecule is NC(=O)c1ccc(C(=O)NC2CC2)cn1. The Morgan fingerprint density at radius 3 is 2.60 bits per heavy atom. The molecule has 5 nitrogen and oxygen atoms in total. The molecule has 1 aromatic rings. The zero-order valence-electron chi connectivity index (χ0n) is 8.06. The van der Waals surface area contributed by atoms with Crippen molar-refractivity contribution >= 4 is 11.8 Å². The summed E-state index contributed by atoms with van der Waals surface area (Å²) in [4.78, 5) is 26.0. The summed E-state index contributed by atoms with van der Waals surface area (Å²) >= 11 is 0. The number of rotatable bonds is 3. The summed E-state index contributed by atoms with van der Waals surface area (Å²) in [6.07, 6.45) is 3.44. The first kappa shape index (κ1) is 9.64. The number of aromatic nitrogens is 1. The van der Waals surface area contributed by atoms with Gasteiger partial charge in [-0.25, -0.2) is 0 Å². The van der Waals surface area contributed by atoms with Crippen LogP contribution in [-0.2, 0) is 0 Å². The Kier molecular flexibility index (Phi) is 2.37. The lowest BCUT2D eigenvalue weighted by Crippen LogP contribution is -2.25. The maximum atomic E-state index is 11.5. The minimum Gasteiger partial charge on any atom is -0.364 e. The Morgan fingerprint density at radius 2 is 2.13 bits per heavy atom. The van der Waals surface area contributed by atoms with Gasteiger partial charge in [-0.1, -0.05) is 0 Å². The van der Waals surface area contributed by atoms with Gasteiger partial charge in [0, 0.05) is 12.2 Å². The molecule has 3 N–H and O–H groups in total. The fraction of sp³-hybridized carbons (Fsp3) is 0.300. The minimum absolute atomic E-state index is 0.152. The fourth-order valence-electron chi connectivity index (χ4n) is 1.17. The van der Waals surface area contributed by atoms with Gasteiger partial charge in [0.05, 0.1) is 5.56 Å². The molecule has 1 heterocycles. The first-order chi connectivity index (χ1) is 7.16. The van der Waals surface area contributed by atoms with E-state index in [2.05, 4.69) is 10.3 Å². The van der Waals surface area contributed by atoms with Gasteiger partial charge in [-0.05, 0) is 25.0 Å². The van der Waals surface area contributed by atoms with Gasteiger partial charge >= 0.3 is 0 Å². The molecule has 1 aromatic heterocycles. The molecular formula is C10H11N3O2. The molecule has 0 aliphatic heterocycles. The highest BCUT2D eigenvalue weighted by Gasteiger charge is 2.23. The number of amides is 2. The Bertz CT molecular complexity index is 396. The van der Waals surface area contributed by atoms with Crippen molar-refractivity contribution < 1.29 is 9.59 Å². The van der Waals surface area contributed by atoms with Gasteiger partial charge in [0.1, 0.15) is 5.69 Å². The highest BCUT2D eigenvalue weighted by molar-refractivity contribution is 5.96. The zero-order chi connectivity index (χ0) is 10.8. The van der Waals surface area contributed by atoms with E-state index < -0.39 is 5.91 Å². The number of carbonyl (C=O) groups is 2. The third-order valence-electron chi connectivity index (χ3n) is 2.19. The summed E-state index contributed by atoms with van der Waals surface area (Å²) < 4.78 is 0. The second kappa shape index (κ2) is 3.68. The number of hydrogen-bond acceptors (Lipinski definition) is 3. The van der Waals surface area contributed by atoms with Gasteiger partial charge in [0.2, 0.25) is 0 Å². The lowest BCUT2D eigenvalue weighted by atomic mass is 10.2. The van der Waals surface area contributed by atoms with Crippen molar-refractivity contribution in [2.45, 2.75) is 18.9 Å². The summed E-state index contributed by atoms with van der Waals surface area (Å²) in [7, 11) is 0. The van der Waals surface area contributed by atoms with E-state index in [1.807, 2.05) is 0 Å². The van der Waals surface area contributed by atoms with Crippen LogP contribution in [0.2, 0.25) is 0 Å². The van der Waals surface area contributed by atoms with Crippen LogP contribution in [0.15, 0.2) is 18.3 Å². The number of primary amides is 1. The van der Waals surface area contributed by atoms with Crippen LogP contribution in [-0.4, -0.2) is 22.8 Å². The normalized spacial score (nSPS) is 14.7. The highest BCUT2D eigenvalue weighted by atomic mass is 16.2. The van der Waals surface area contributed by atoms with E-state index in [9.17, 15) is 9.59 Å². The number of nitrogens with one attached hydrogen (secondary N) is 1. The number of nitrogens with zero attached hydrogens (tertiary/aromatic N) is 1. The summed E-state index contributed by atoms with van der Waals surface area (Å²) in [6, 6.07) is 3.31. The number of carbonyl (C=O) groups excluding carboxylic acids is 2. The van der Waals surface area contributed by atoms with Crippen molar-refractivity contribution in [2.75, 3.05) is 0 Å². The average molecular weight is 205 g/mol. The molecule has 15 heavy (non-hydrogen) atoms. The summed E-state index contributed by atoms with van der Waals surface area (Å²) in [6.45, 7) is 0. The van der Waals surface area contributed by atoms with E-state index in [1.165, 1.54) is 12.3 Å². The van der Waals surface area contributed by atoms with E-state index in [0.29, 0.717) is 11.6 Å². The summed E-state index contributed by atoms with van der Waals surface area (Å²) in [5.41, 5.74) is 5.64. The third kappa shape index (κ3) is 2.31. The number of pyridine rings is 1. The second-order valence-electron chi connectivity index (χ2n) is 3.54. The summed E-state index contributed by atoms with van der Waals surface area (Å²) in [5, 5.41) is 2.82. The lowest BCUT2D eigenvalue weighted by molar-refractivity contribution is 0.0947. The molecule has 0 unspecified atom stereocenters. The molecule has 1 aliphatic rings. The molecule has 0 aromatic carbocycles. The average Bonchev–Trinajstić information content (AvgIpc) is 3.02. The Labute approximate surface area is 86.7 Å². The quantitative estimate of drug-likeness (QED) is 0.732. The molecule has 0 bridgehead atoms. The van der Waals surface area contributed by atoms with Crippen molar-refractivity contribution in [2.24, 2.45) is 5.73 Å². The molecule has 0 spiro atoms. The molecule has 0 atom stereocenters. The Balaban J connectivity index is 2.08. The van der Waals surface area contributed by atoms with Crippen LogP contribution in [0.5, 0.6) is 0 Å². The maximum absolute atomic E-state index is 11.5. The van der Waals surface area contributed by atoms with Crippen LogP contribution in [0.1, 0.15) is 33.7 Å². The highest BCUT2D eigenvalue weighted by Crippen LogP contribution is 2.19. The van der Waals surface area contributed by atoms with Gasteiger partial charge in [-0.3, -0.25) is 14.6 Å². The summed E-state index contributed by atoms with van der Waals surface area (Å²) in [5.74, 6) is -0.745. The standard InChI is InChI=1S/C10H11N3O2/c11-9(14)8-4-1-6(5-12-8)10(15)13-7-2-3-7/h1,4-5,7H,2-3H2,(H2,11,14)(H,13,15). The predicted octanol–water partition coefficient (Wildman–Crippen LogP) is 0.0727. The van der Waals surface area contributed by atoms with Crippen molar-refractivity contribution in [3.63, 3.8) is 0 Å². The number of nitrogens with two attached hydrogens (primary N) is 1. The van der Waals surface area contributed by atoms with E-state index in [0.717, 1.165) is 12.8 Å². The van der Waals surface area contributed by atoms with Crippen LogP contribution < -0.4 is 11.1 Å². The van der Waals surface area contributed by atoms with Crippen LogP contribution in [0.25, 0.3) is 0 Å². The third-order valence-corrected chi connectivity index (χ3v) is 2.19. The zero-order valence-corrected chi connectivity index (χ0v) is 8.06. The largest absolute Gasteiger partial charge is 0.364 e. The van der Waals surface area contributed by atoms with E-state index in [1.54, 1.807) is 6.07 Å². The molecule has 1 aliphatic carbocycles. The van der Waals surface area contributed by atoms with Crippen LogP contribution in [0, 0.1) is 0 Å². The lowest BCUT2D eigenvalue weighted by Gasteiger charge is -2.02. The van der Waals surface area contributed by atoms with Gasteiger partial charge in [0.25, 0.3) is 11.8 Å². The molecule has 1 saturated carbocycles. The second-order valence-corrected chi connectivity index (χ2v) is 3.54. The molecule has 0 radical (unpaired) electrons. The van der Waals surface area contributed by atoms with Crippen LogP contribution in [0.4, 0.5) is 0 Å². The first-order valence-corrected chi connectivity index (χ1v) is 4.73. The van der Waals surface area contributed by atoms with Crippen molar-refractivity contribution in [3.05, 3.63) is 29.6 Å². The molecular weight excluding hydrogens is 194 g/mol. The molecule has 0 saturated heterocycles. The van der Waals surface area contributed by atoms with E-state index >= 15 is 0 Å². The Hall–Kier alpha value is -1.91. The van der Waals surface area contributed by atoms with E-state index in [4.69, 9.17) is 5.73 Å². The van der Waals surface area contributed by atoms with E-state index in [-0.39, 0.29) is 11.6 Å². The molecule has 2 rings (SSSR count). The smallest absolute Gasteiger partial charge is 0.267 e. The Morgan fingerprint density at radius 1 is 1.40 bits per heavy atom. The number of hydrogen-bond donors (Lipinski definition) is 2. The fourth-order valence-corrected chi connectivity index (χ4v) is 1.17. The van der Waals surface area contributed by atoms with Crippen molar-refractivity contribution in [3.8, 4) is 0 Å². The maximum Gasteiger partial charge on any atom is 0.267 e. The van der Waals surface area contributed by atoms with Crippen LogP contribution >= 0.6 is 0 Å². The molecule has 1 fully saturated rings. The predicted molar refractivity (Wildman–Crippen MR) is 53.2 cm³/mol. The van der Waals surface area contributed by atoms with Crippen LogP contribution in [0.3, 0.4) is 0 Å². The monoisotopic (exact) mass is 205 g/mol. The van der Waals surface area contributed by atoms with Crippen molar-refractivity contribution in [1.29, 1.82) is 0 Å². The van der Waals surface area contributed by atoms with Gasteiger partial charge in [-0.2, -0.15) is 0 Å². The molecule has 2 amide bonds. The topological polar surface area (TPSA) is 85.1 Å². The first-order valence-electron chi connectivity index (χ1n) is 4.73. The van der Waals surface area contributed by atoms with Gasteiger partial charge in [0.15, 0.2) is 0 Å². The van der Waals surface area contributed by atoms with Gasteiger partial charge < -0.3 is 11.1 Å². The molecule has 5 heteroatoms. The van der Waals surface area contributed by atoms with Crippen molar-refractivity contribution in [1.82, 2.24) is 10.3 Å².